The third-order valence-corrected chi connectivity index (χ3v) is 10.1. The second-order valence-corrected chi connectivity index (χ2v) is 18.6. The molecule has 2 aromatic carbocycles. The minimum absolute atomic E-state index is 0.0521. The number of hydrogen-bond donors (Lipinski definition) is 2. The number of fused-ring (bicyclic) bond motifs is 2. The van der Waals surface area contributed by atoms with Crippen LogP contribution in [0.25, 0.3) is 0 Å². The standard InChI is InChI=1S/C30H32ClF5N4O5Si/c1-46(2,3)14-13-44-17-40-22(15-37-26(40)29(43,30(34,35)36)18-5-7-19(32)8-6-18)25(41)39-12-4-11-28(16-39)23-21(38-27(42)45-28)10-9-20(31)24(23)33/h5-10,15,43H,4,11-14,16-17H2,1-3H3,(H,38,42)/t28-,29?/m0/s1. The Bertz CT molecular complexity index is 1650. The van der Waals surface area contributed by atoms with Crippen molar-refractivity contribution in [3.8, 4) is 0 Å². The number of benzene rings is 2. The highest BCUT2D eigenvalue weighted by Crippen LogP contribution is 2.46. The molecule has 248 valence electrons. The van der Waals surface area contributed by atoms with Gasteiger partial charge in [0.05, 0.1) is 29.0 Å². The van der Waals surface area contributed by atoms with Gasteiger partial charge in [-0.1, -0.05) is 43.4 Å². The molecule has 46 heavy (non-hydrogen) atoms. The third-order valence-electron chi connectivity index (χ3n) is 8.10. The van der Waals surface area contributed by atoms with Crippen LogP contribution >= 0.6 is 11.6 Å². The van der Waals surface area contributed by atoms with Crippen LogP contribution in [0.15, 0.2) is 42.6 Å². The Kier molecular flexibility index (Phi) is 9.00. The Morgan fingerprint density at radius 2 is 1.87 bits per heavy atom. The van der Waals surface area contributed by atoms with Crippen molar-refractivity contribution in [3.05, 3.63) is 81.9 Å². The van der Waals surface area contributed by atoms with Crippen LogP contribution in [-0.2, 0) is 27.4 Å². The van der Waals surface area contributed by atoms with Gasteiger partial charge < -0.3 is 19.5 Å². The lowest BCUT2D eigenvalue weighted by molar-refractivity contribution is -0.252. The Morgan fingerprint density at radius 3 is 2.52 bits per heavy atom. The molecule has 5 rings (SSSR count). The van der Waals surface area contributed by atoms with Crippen molar-refractivity contribution in [2.24, 2.45) is 0 Å². The van der Waals surface area contributed by atoms with Crippen LogP contribution in [0.5, 0.6) is 0 Å². The highest BCUT2D eigenvalue weighted by molar-refractivity contribution is 6.76. The monoisotopic (exact) mass is 686 g/mol. The van der Waals surface area contributed by atoms with Crippen LogP contribution < -0.4 is 5.32 Å². The average molecular weight is 687 g/mol. The van der Waals surface area contributed by atoms with E-state index >= 15 is 4.39 Å². The molecule has 1 spiro atoms. The molecule has 1 fully saturated rings. The first kappa shape index (κ1) is 33.8. The summed E-state index contributed by atoms with van der Waals surface area (Å²) in [4.78, 5) is 31.7. The average Bonchev–Trinajstić information content (AvgIpc) is 3.39. The molecule has 0 saturated carbocycles. The van der Waals surface area contributed by atoms with Gasteiger partial charge >= 0.3 is 12.3 Å². The quantitative estimate of drug-likeness (QED) is 0.157. The van der Waals surface area contributed by atoms with Crippen LogP contribution in [-0.4, -0.2) is 65.5 Å². The van der Waals surface area contributed by atoms with E-state index in [1.54, 1.807) is 0 Å². The lowest BCUT2D eigenvalue weighted by atomic mass is 9.83. The molecule has 2 atom stereocenters. The molecular weight excluding hydrogens is 655 g/mol. The minimum atomic E-state index is -5.36. The molecule has 0 radical (unpaired) electrons. The summed E-state index contributed by atoms with van der Waals surface area (Å²) in [6, 6.07) is 6.45. The number of likely N-dealkylation sites (tertiary alicyclic amines) is 1. The van der Waals surface area contributed by atoms with Gasteiger partial charge in [-0.2, -0.15) is 13.2 Å². The number of rotatable bonds is 8. The summed E-state index contributed by atoms with van der Waals surface area (Å²) in [5.41, 5.74) is -6.42. The lowest BCUT2D eigenvalue weighted by Crippen LogP contribution is -2.54. The summed E-state index contributed by atoms with van der Waals surface area (Å²) in [5, 5.41) is 13.5. The molecule has 3 heterocycles. The Labute approximate surface area is 267 Å². The van der Waals surface area contributed by atoms with Crippen LogP contribution in [0.2, 0.25) is 30.7 Å². The summed E-state index contributed by atoms with van der Waals surface area (Å²) in [7, 11) is -1.62. The van der Waals surface area contributed by atoms with E-state index < -0.39 is 67.2 Å². The summed E-state index contributed by atoms with van der Waals surface area (Å²) in [6.07, 6.45) is -4.97. The first-order valence-electron chi connectivity index (χ1n) is 14.4. The number of hydrogen-bond acceptors (Lipinski definition) is 6. The number of piperidine rings is 1. The summed E-state index contributed by atoms with van der Waals surface area (Å²) >= 11 is 6.05. The first-order chi connectivity index (χ1) is 21.5. The topological polar surface area (TPSA) is 106 Å². The van der Waals surface area contributed by atoms with Crippen molar-refractivity contribution in [3.63, 3.8) is 0 Å². The summed E-state index contributed by atoms with van der Waals surface area (Å²) in [5.74, 6) is -3.45. The van der Waals surface area contributed by atoms with Crippen LogP contribution in [0.3, 0.4) is 0 Å². The smallest absolute Gasteiger partial charge is 0.428 e. The molecule has 2 aliphatic rings. The number of alkyl halides is 3. The molecule has 3 aromatic rings. The molecular formula is C30H32ClF5N4O5Si. The maximum Gasteiger partial charge on any atom is 0.428 e. The van der Waals surface area contributed by atoms with Gasteiger partial charge in [0.1, 0.15) is 18.2 Å². The second kappa shape index (κ2) is 12.2. The number of imidazole rings is 1. The Balaban J connectivity index is 1.56. The predicted octanol–water partition coefficient (Wildman–Crippen LogP) is 6.62. The largest absolute Gasteiger partial charge is 0.436 e. The highest BCUT2D eigenvalue weighted by atomic mass is 35.5. The number of ether oxygens (including phenoxy) is 2. The van der Waals surface area contributed by atoms with Crippen molar-refractivity contribution in [1.29, 1.82) is 0 Å². The van der Waals surface area contributed by atoms with Gasteiger partial charge in [-0.3, -0.25) is 14.7 Å². The summed E-state index contributed by atoms with van der Waals surface area (Å²) in [6.45, 7) is 5.57. The van der Waals surface area contributed by atoms with E-state index in [9.17, 15) is 32.3 Å². The predicted molar refractivity (Wildman–Crippen MR) is 160 cm³/mol. The molecule has 0 aliphatic carbocycles. The molecule has 2 N–H and O–H groups in total. The molecule has 2 aliphatic heterocycles. The number of amides is 2. The van der Waals surface area contributed by atoms with Crippen LogP contribution in [0.1, 0.15) is 40.3 Å². The molecule has 16 heteroatoms. The number of halogens is 6. The van der Waals surface area contributed by atoms with Gasteiger partial charge in [-0.05, 0) is 43.2 Å². The molecule has 1 unspecified atom stereocenters. The molecule has 1 aromatic heterocycles. The number of aliphatic hydroxyl groups is 1. The van der Waals surface area contributed by atoms with Gasteiger partial charge in [-0.15, -0.1) is 0 Å². The first-order valence-corrected chi connectivity index (χ1v) is 18.5. The zero-order valence-electron chi connectivity index (χ0n) is 25.2. The Morgan fingerprint density at radius 1 is 1.17 bits per heavy atom. The van der Waals surface area contributed by atoms with Gasteiger partial charge in [0.2, 0.25) is 5.60 Å². The van der Waals surface area contributed by atoms with Gasteiger partial charge in [0, 0.05) is 26.8 Å². The van der Waals surface area contributed by atoms with Crippen molar-refractivity contribution in [2.45, 2.75) is 62.6 Å². The van der Waals surface area contributed by atoms with Gasteiger partial charge in [-0.25, -0.2) is 18.6 Å². The van der Waals surface area contributed by atoms with E-state index in [0.717, 1.165) is 35.0 Å². The molecule has 0 bridgehead atoms. The van der Waals surface area contributed by atoms with E-state index in [-0.39, 0.29) is 54.5 Å². The normalized spacial score (nSPS) is 19.8. The lowest BCUT2D eigenvalue weighted by Gasteiger charge is -2.45. The number of anilines is 1. The van der Waals surface area contributed by atoms with Gasteiger partial charge in [0.15, 0.2) is 17.2 Å². The maximum atomic E-state index is 15.4. The van der Waals surface area contributed by atoms with E-state index in [4.69, 9.17) is 21.1 Å². The number of nitrogens with one attached hydrogen (secondary N) is 1. The van der Waals surface area contributed by atoms with Crippen LogP contribution in [0, 0.1) is 11.6 Å². The Hall–Kier alpha value is -3.53. The third kappa shape index (κ3) is 6.24. The van der Waals surface area contributed by atoms with E-state index in [0.29, 0.717) is 6.04 Å². The van der Waals surface area contributed by atoms with E-state index in [1.807, 2.05) is 0 Å². The number of aromatic nitrogens is 2. The van der Waals surface area contributed by atoms with Crippen molar-refractivity contribution in [1.82, 2.24) is 14.5 Å². The maximum absolute atomic E-state index is 15.4. The molecule has 2 amide bonds. The SMILES string of the molecule is C[Si](C)(C)CCOCn1c(C(=O)N2CCC[C@@]3(C2)OC(=O)Nc2ccc(Cl)c(F)c23)cnc1C(O)(c1ccc(F)cc1)C(F)(F)F. The van der Waals surface area contributed by atoms with Crippen molar-refractivity contribution < 1.29 is 46.1 Å². The zero-order chi connectivity index (χ0) is 33.7. The van der Waals surface area contributed by atoms with Crippen molar-refractivity contribution in [2.75, 3.05) is 25.0 Å². The fraction of sp³-hybridized carbons (Fsp3) is 0.433. The fourth-order valence-corrected chi connectivity index (χ4v) is 6.63. The fourth-order valence-electron chi connectivity index (χ4n) is 5.72. The zero-order valence-corrected chi connectivity index (χ0v) is 26.9. The number of carbonyl (C=O) groups is 2. The number of carbonyl (C=O) groups excluding carboxylic acids is 2. The molecule has 9 nitrogen and oxygen atoms in total. The van der Waals surface area contributed by atoms with Crippen LogP contribution in [0.4, 0.5) is 32.4 Å². The van der Waals surface area contributed by atoms with E-state index in [1.165, 1.54) is 17.0 Å². The van der Waals surface area contributed by atoms with Crippen molar-refractivity contribution >= 4 is 37.4 Å². The highest BCUT2D eigenvalue weighted by Gasteiger charge is 2.60. The number of nitrogens with zero attached hydrogens (tertiary/aromatic N) is 3. The van der Waals surface area contributed by atoms with Gasteiger partial charge in [0.25, 0.3) is 5.91 Å². The molecule has 1 saturated heterocycles. The minimum Gasteiger partial charge on any atom is -0.436 e. The second-order valence-electron chi connectivity index (χ2n) is 12.6. The summed E-state index contributed by atoms with van der Waals surface area (Å²) < 4.78 is 85.4. The van der Waals surface area contributed by atoms with E-state index in [2.05, 4.69) is 29.9 Å².